The van der Waals surface area contributed by atoms with Crippen LogP contribution in [0.4, 0.5) is 0 Å². The van der Waals surface area contributed by atoms with Crippen molar-refractivity contribution in [2.75, 3.05) is 19.7 Å². The fourth-order valence-electron chi connectivity index (χ4n) is 3.07. The molecule has 4 aromatic rings. The van der Waals surface area contributed by atoms with Crippen molar-refractivity contribution < 1.29 is 14.3 Å². The van der Waals surface area contributed by atoms with E-state index >= 15 is 0 Å². The monoisotopic (exact) mass is 383 g/mol. The zero-order chi connectivity index (χ0) is 17.8. The molecule has 0 saturated carbocycles. The molecule has 0 aliphatic heterocycles. The molecule has 0 fully saturated rings. The van der Waals surface area contributed by atoms with Crippen molar-refractivity contribution in [1.29, 1.82) is 0 Å². The normalized spacial score (nSPS) is 12.0. The van der Waals surface area contributed by atoms with Crippen LogP contribution in [0.25, 0.3) is 21.9 Å². The number of hydrogen-bond donors (Lipinski definition) is 2. The molecule has 27 heavy (non-hydrogen) atoms. The second-order valence-electron chi connectivity index (χ2n) is 6.24. The molecule has 0 aliphatic carbocycles. The van der Waals surface area contributed by atoms with E-state index in [-0.39, 0.29) is 12.4 Å². The molecule has 0 saturated heterocycles. The van der Waals surface area contributed by atoms with E-state index in [1.807, 2.05) is 66.7 Å². The van der Waals surface area contributed by atoms with Gasteiger partial charge in [0.05, 0.1) is 6.10 Å². The summed E-state index contributed by atoms with van der Waals surface area (Å²) in [6.07, 6.45) is -0.509. The molecule has 1 aromatic heterocycles. The van der Waals surface area contributed by atoms with Gasteiger partial charge in [-0.25, -0.2) is 0 Å². The van der Waals surface area contributed by atoms with Crippen molar-refractivity contribution in [1.82, 2.24) is 5.32 Å². The van der Waals surface area contributed by atoms with Crippen LogP contribution in [0.3, 0.4) is 0 Å². The summed E-state index contributed by atoms with van der Waals surface area (Å²) in [6, 6.07) is 23.5. The van der Waals surface area contributed by atoms with Crippen LogP contribution in [-0.2, 0) is 0 Å². The summed E-state index contributed by atoms with van der Waals surface area (Å²) in [7, 11) is 0. The van der Waals surface area contributed by atoms with Crippen molar-refractivity contribution in [2.45, 2.75) is 6.10 Å². The maximum absolute atomic E-state index is 10.1. The van der Waals surface area contributed by atoms with Gasteiger partial charge in [0.15, 0.2) is 0 Å². The molecule has 0 amide bonds. The molecule has 0 aliphatic rings. The molecule has 0 spiro atoms. The number of ether oxygens (including phenoxy) is 1. The van der Waals surface area contributed by atoms with E-state index in [9.17, 15) is 5.11 Å². The molecule has 1 atom stereocenters. The Bertz CT molecular complexity index is 1000. The Balaban J connectivity index is 0.00000210. The second-order valence-corrected chi connectivity index (χ2v) is 6.24. The largest absolute Gasteiger partial charge is 0.492 e. The molecule has 0 bridgehead atoms. The number of para-hydroxylation sites is 1. The van der Waals surface area contributed by atoms with Gasteiger partial charge in [0.25, 0.3) is 0 Å². The van der Waals surface area contributed by atoms with Crippen LogP contribution < -0.4 is 10.1 Å². The van der Waals surface area contributed by atoms with Crippen LogP contribution in [0.2, 0.25) is 0 Å². The maximum Gasteiger partial charge on any atom is 0.135 e. The summed E-state index contributed by atoms with van der Waals surface area (Å²) < 4.78 is 11.7. The highest BCUT2D eigenvalue weighted by Crippen LogP contribution is 2.31. The Morgan fingerprint density at radius 2 is 1.63 bits per heavy atom. The summed E-state index contributed by atoms with van der Waals surface area (Å²) in [4.78, 5) is 0. The summed E-state index contributed by atoms with van der Waals surface area (Å²) >= 11 is 0. The Labute approximate surface area is 164 Å². The quantitative estimate of drug-likeness (QED) is 0.454. The SMILES string of the molecule is Cl.OC(CNCCOc1ccc2oc3ccccc3c2c1)c1ccccc1. The van der Waals surface area contributed by atoms with E-state index in [1.165, 1.54) is 0 Å². The molecule has 5 heteroatoms. The number of furan rings is 1. The van der Waals surface area contributed by atoms with Gasteiger partial charge in [0.2, 0.25) is 0 Å². The number of nitrogens with one attached hydrogen (secondary N) is 1. The third kappa shape index (κ3) is 4.42. The lowest BCUT2D eigenvalue weighted by Gasteiger charge is -2.12. The molecule has 0 radical (unpaired) electrons. The minimum Gasteiger partial charge on any atom is -0.492 e. The Morgan fingerprint density at radius 1 is 0.889 bits per heavy atom. The molecule has 2 N–H and O–H groups in total. The summed E-state index contributed by atoms with van der Waals surface area (Å²) in [5.41, 5.74) is 2.66. The van der Waals surface area contributed by atoms with Crippen molar-refractivity contribution in [3.63, 3.8) is 0 Å². The predicted octanol–water partition coefficient (Wildman–Crippen LogP) is 4.71. The van der Waals surface area contributed by atoms with Gasteiger partial charge in [0, 0.05) is 23.9 Å². The lowest BCUT2D eigenvalue weighted by atomic mass is 10.1. The average Bonchev–Trinajstić information content (AvgIpc) is 3.06. The van der Waals surface area contributed by atoms with Crippen LogP contribution >= 0.6 is 12.4 Å². The van der Waals surface area contributed by atoms with E-state index < -0.39 is 6.10 Å². The highest BCUT2D eigenvalue weighted by Gasteiger charge is 2.08. The van der Waals surface area contributed by atoms with Crippen molar-refractivity contribution in [3.05, 3.63) is 78.4 Å². The second kappa shape index (κ2) is 8.91. The molecule has 140 valence electrons. The first kappa shape index (κ1) is 19.2. The van der Waals surface area contributed by atoms with Gasteiger partial charge in [-0.1, -0.05) is 48.5 Å². The van der Waals surface area contributed by atoms with Crippen molar-refractivity contribution in [3.8, 4) is 5.75 Å². The van der Waals surface area contributed by atoms with E-state index in [2.05, 4.69) is 11.4 Å². The zero-order valence-corrected chi connectivity index (χ0v) is 15.6. The Kier molecular flexibility index (Phi) is 6.35. The molecule has 1 unspecified atom stereocenters. The highest BCUT2D eigenvalue weighted by atomic mass is 35.5. The molecular weight excluding hydrogens is 362 g/mol. The van der Waals surface area contributed by atoms with Gasteiger partial charge in [0.1, 0.15) is 23.5 Å². The summed E-state index contributed by atoms with van der Waals surface area (Å²) in [5, 5.41) is 15.5. The van der Waals surface area contributed by atoms with Crippen LogP contribution in [-0.4, -0.2) is 24.8 Å². The maximum atomic E-state index is 10.1. The fourth-order valence-corrected chi connectivity index (χ4v) is 3.07. The number of halogens is 1. The minimum absolute atomic E-state index is 0. The predicted molar refractivity (Wildman–Crippen MR) is 111 cm³/mol. The van der Waals surface area contributed by atoms with E-state index in [0.717, 1.165) is 33.3 Å². The van der Waals surface area contributed by atoms with Crippen LogP contribution in [0.1, 0.15) is 11.7 Å². The van der Waals surface area contributed by atoms with E-state index in [0.29, 0.717) is 19.7 Å². The number of aliphatic hydroxyl groups excluding tert-OH is 1. The first-order valence-corrected chi connectivity index (χ1v) is 8.79. The van der Waals surface area contributed by atoms with Gasteiger partial charge in [-0.3, -0.25) is 0 Å². The van der Waals surface area contributed by atoms with Crippen LogP contribution in [0, 0.1) is 0 Å². The van der Waals surface area contributed by atoms with Crippen molar-refractivity contribution >= 4 is 34.3 Å². The number of aliphatic hydroxyl groups is 1. The van der Waals surface area contributed by atoms with Gasteiger partial charge < -0.3 is 19.6 Å². The molecule has 3 aromatic carbocycles. The number of hydrogen-bond acceptors (Lipinski definition) is 4. The first-order valence-electron chi connectivity index (χ1n) is 8.79. The molecule has 1 heterocycles. The van der Waals surface area contributed by atoms with Crippen molar-refractivity contribution in [2.24, 2.45) is 0 Å². The standard InChI is InChI=1S/C22H21NO3.ClH/c24-20(16-6-2-1-3-7-16)15-23-12-13-25-17-10-11-22-19(14-17)18-8-4-5-9-21(18)26-22;/h1-11,14,20,23-24H,12-13,15H2;1H. The molecular formula is C22H22ClNO3. The molecule has 4 rings (SSSR count). The first-order chi connectivity index (χ1) is 12.8. The number of benzene rings is 3. The van der Waals surface area contributed by atoms with E-state index in [4.69, 9.17) is 9.15 Å². The minimum atomic E-state index is -0.509. The number of fused-ring (bicyclic) bond motifs is 3. The van der Waals surface area contributed by atoms with E-state index in [1.54, 1.807) is 0 Å². The third-order valence-corrected chi connectivity index (χ3v) is 4.42. The van der Waals surface area contributed by atoms with Crippen LogP contribution in [0.15, 0.2) is 77.2 Å². The lowest BCUT2D eigenvalue weighted by molar-refractivity contribution is 0.172. The highest BCUT2D eigenvalue weighted by molar-refractivity contribution is 6.05. The smallest absolute Gasteiger partial charge is 0.135 e. The fraction of sp³-hybridized carbons (Fsp3) is 0.182. The molecule has 4 nitrogen and oxygen atoms in total. The summed E-state index contributed by atoms with van der Waals surface area (Å²) in [5.74, 6) is 0.814. The average molecular weight is 384 g/mol. The Hall–Kier alpha value is -2.53. The Morgan fingerprint density at radius 3 is 2.48 bits per heavy atom. The van der Waals surface area contributed by atoms with Crippen LogP contribution in [0.5, 0.6) is 5.75 Å². The topological polar surface area (TPSA) is 54.6 Å². The van der Waals surface area contributed by atoms with Gasteiger partial charge in [-0.15, -0.1) is 12.4 Å². The lowest BCUT2D eigenvalue weighted by Crippen LogP contribution is -2.26. The van der Waals surface area contributed by atoms with Gasteiger partial charge in [-0.05, 0) is 29.8 Å². The number of rotatable bonds is 7. The summed E-state index contributed by atoms with van der Waals surface area (Å²) in [6.45, 7) is 1.69. The van der Waals surface area contributed by atoms with Gasteiger partial charge in [-0.2, -0.15) is 0 Å². The zero-order valence-electron chi connectivity index (χ0n) is 14.8. The third-order valence-electron chi connectivity index (χ3n) is 4.42. The van der Waals surface area contributed by atoms with Gasteiger partial charge >= 0.3 is 0 Å².